The Morgan fingerprint density at radius 1 is 1.06 bits per heavy atom. The second-order valence-electron chi connectivity index (χ2n) is 4.33. The molecule has 1 aromatic heterocycles. The summed E-state index contributed by atoms with van der Waals surface area (Å²) in [6.07, 6.45) is 3.44. The third kappa shape index (κ3) is 1.67. The van der Waals surface area contributed by atoms with E-state index in [2.05, 4.69) is 10.3 Å². The highest BCUT2D eigenvalue weighted by atomic mass is 16.2. The van der Waals surface area contributed by atoms with Gasteiger partial charge < -0.3 is 11.1 Å². The SMILES string of the molecule is NC1C(=O)NC(c2ccncc2)c2ccccc21. The number of pyridine rings is 1. The number of hydrogen-bond acceptors (Lipinski definition) is 3. The van der Waals surface area contributed by atoms with Crippen LogP contribution >= 0.6 is 0 Å². The number of nitrogens with zero attached hydrogens (tertiary/aromatic N) is 1. The number of carbonyl (C=O) groups excluding carboxylic acids is 1. The fraction of sp³-hybridized carbons (Fsp3) is 0.143. The lowest BCUT2D eigenvalue weighted by molar-refractivity contribution is -0.123. The van der Waals surface area contributed by atoms with Crippen LogP contribution in [0.2, 0.25) is 0 Å². The molecule has 2 unspecified atom stereocenters. The second-order valence-corrected chi connectivity index (χ2v) is 4.33. The summed E-state index contributed by atoms with van der Waals surface area (Å²) in [7, 11) is 0. The van der Waals surface area contributed by atoms with Gasteiger partial charge in [0, 0.05) is 12.4 Å². The molecule has 0 radical (unpaired) electrons. The van der Waals surface area contributed by atoms with E-state index in [-0.39, 0.29) is 11.9 Å². The van der Waals surface area contributed by atoms with Crippen molar-refractivity contribution in [3.05, 3.63) is 65.5 Å². The average molecular weight is 239 g/mol. The zero-order chi connectivity index (χ0) is 12.5. The first-order valence-corrected chi connectivity index (χ1v) is 5.82. The molecule has 1 amide bonds. The van der Waals surface area contributed by atoms with Gasteiger partial charge in [0.05, 0.1) is 6.04 Å². The molecule has 2 aromatic rings. The lowest BCUT2D eigenvalue weighted by atomic mass is 9.88. The van der Waals surface area contributed by atoms with Crippen molar-refractivity contribution < 1.29 is 4.79 Å². The van der Waals surface area contributed by atoms with Gasteiger partial charge in [-0.3, -0.25) is 9.78 Å². The summed E-state index contributed by atoms with van der Waals surface area (Å²) in [4.78, 5) is 15.9. The van der Waals surface area contributed by atoms with Crippen molar-refractivity contribution in [2.24, 2.45) is 5.73 Å². The molecule has 3 rings (SSSR count). The molecule has 1 aromatic carbocycles. The van der Waals surface area contributed by atoms with Gasteiger partial charge in [-0.15, -0.1) is 0 Å². The van der Waals surface area contributed by atoms with Crippen molar-refractivity contribution in [2.45, 2.75) is 12.1 Å². The minimum absolute atomic E-state index is 0.142. The summed E-state index contributed by atoms with van der Waals surface area (Å²) in [5, 5.41) is 2.95. The van der Waals surface area contributed by atoms with Crippen molar-refractivity contribution >= 4 is 5.91 Å². The van der Waals surface area contributed by atoms with E-state index in [9.17, 15) is 4.79 Å². The highest BCUT2D eigenvalue weighted by molar-refractivity contribution is 5.86. The molecular weight excluding hydrogens is 226 g/mol. The van der Waals surface area contributed by atoms with Gasteiger partial charge in [-0.1, -0.05) is 24.3 Å². The molecule has 0 saturated carbocycles. The molecular formula is C14H13N3O. The van der Waals surface area contributed by atoms with Crippen LogP contribution in [0.25, 0.3) is 0 Å². The molecule has 18 heavy (non-hydrogen) atoms. The molecule has 1 aliphatic heterocycles. The third-order valence-electron chi connectivity index (χ3n) is 3.25. The molecule has 0 spiro atoms. The van der Waals surface area contributed by atoms with E-state index < -0.39 is 6.04 Å². The molecule has 0 fully saturated rings. The Morgan fingerprint density at radius 2 is 1.72 bits per heavy atom. The van der Waals surface area contributed by atoms with E-state index in [1.165, 1.54) is 0 Å². The minimum atomic E-state index is -0.584. The van der Waals surface area contributed by atoms with E-state index in [0.29, 0.717) is 0 Å². The number of amides is 1. The van der Waals surface area contributed by atoms with E-state index in [1.54, 1.807) is 12.4 Å². The van der Waals surface area contributed by atoms with Gasteiger partial charge >= 0.3 is 0 Å². The maximum atomic E-state index is 11.9. The first-order valence-electron chi connectivity index (χ1n) is 5.82. The molecule has 0 aliphatic carbocycles. The number of hydrogen-bond donors (Lipinski definition) is 2. The molecule has 3 N–H and O–H groups in total. The minimum Gasteiger partial charge on any atom is -0.344 e. The standard InChI is InChI=1S/C14H13N3O/c15-12-10-3-1-2-4-11(10)13(17-14(12)18)9-5-7-16-8-6-9/h1-8,12-13H,15H2,(H,17,18). The van der Waals surface area contributed by atoms with Crippen LogP contribution in [-0.2, 0) is 4.79 Å². The summed E-state index contributed by atoms with van der Waals surface area (Å²) >= 11 is 0. The van der Waals surface area contributed by atoms with Crippen LogP contribution < -0.4 is 11.1 Å². The number of nitrogens with one attached hydrogen (secondary N) is 1. The Kier molecular flexibility index (Phi) is 2.57. The maximum Gasteiger partial charge on any atom is 0.242 e. The van der Waals surface area contributed by atoms with E-state index in [4.69, 9.17) is 5.73 Å². The van der Waals surface area contributed by atoms with Crippen LogP contribution in [0.15, 0.2) is 48.8 Å². The lowest BCUT2D eigenvalue weighted by Crippen LogP contribution is -2.42. The Hall–Kier alpha value is -2.20. The number of benzene rings is 1. The Morgan fingerprint density at radius 3 is 2.44 bits per heavy atom. The number of carbonyl (C=O) groups is 1. The van der Waals surface area contributed by atoms with Gasteiger partial charge in [-0.05, 0) is 28.8 Å². The van der Waals surface area contributed by atoms with Crippen LogP contribution in [0.3, 0.4) is 0 Å². The molecule has 0 bridgehead atoms. The molecule has 1 aliphatic rings. The highest BCUT2D eigenvalue weighted by Crippen LogP contribution is 2.31. The fourth-order valence-electron chi connectivity index (χ4n) is 2.33. The number of nitrogens with two attached hydrogens (primary N) is 1. The zero-order valence-corrected chi connectivity index (χ0v) is 9.71. The predicted molar refractivity (Wildman–Crippen MR) is 67.6 cm³/mol. The van der Waals surface area contributed by atoms with Crippen LogP contribution in [0, 0.1) is 0 Å². The monoisotopic (exact) mass is 239 g/mol. The topological polar surface area (TPSA) is 68.0 Å². The summed E-state index contributed by atoms with van der Waals surface area (Å²) in [6.45, 7) is 0. The van der Waals surface area contributed by atoms with Gasteiger partial charge in [-0.25, -0.2) is 0 Å². The van der Waals surface area contributed by atoms with Crippen molar-refractivity contribution in [1.29, 1.82) is 0 Å². The van der Waals surface area contributed by atoms with Crippen molar-refractivity contribution in [2.75, 3.05) is 0 Å². The molecule has 2 atom stereocenters. The smallest absolute Gasteiger partial charge is 0.242 e. The van der Waals surface area contributed by atoms with Crippen molar-refractivity contribution in [3.8, 4) is 0 Å². The van der Waals surface area contributed by atoms with E-state index >= 15 is 0 Å². The van der Waals surface area contributed by atoms with Crippen LogP contribution in [0.1, 0.15) is 28.8 Å². The summed E-state index contributed by atoms with van der Waals surface area (Å²) < 4.78 is 0. The average Bonchev–Trinajstić information content (AvgIpc) is 2.44. The van der Waals surface area contributed by atoms with Gasteiger partial charge in [-0.2, -0.15) is 0 Å². The van der Waals surface area contributed by atoms with Crippen LogP contribution in [-0.4, -0.2) is 10.9 Å². The quantitative estimate of drug-likeness (QED) is 0.788. The van der Waals surface area contributed by atoms with E-state index in [0.717, 1.165) is 16.7 Å². The Bertz CT molecular complexity index is 583. The fourth-order valence-corrected chi connectivity index (χ4v) is 2.33. The Labute approximate surface area is 105 Å². The number of rotatable bonds is 1. The van der Waals surface area contributed by atoms with Gasteiger partial charge in [0.25, 0.3) is 0 Å². The predicted octanol–water partition coefficient (Wildman–Crippen LogP) is 1.30. The largest absolute Gasteiger partial charge is 0.344 e. The first-order chi connectivity index (χ1) is 8.77. The second kappa shape index (κ2) is 4.23. The molecule has 4 heteroatoms. The summed E-state index contributed by atoms with van der Waals surface area (Å²) in [5.74, 6) is -0.143. The van der Waals surface area contributed by atoms with Gasteiger partial charge in [0.1, 0.15) is 6.04 Å². The third-order valence-corrected chi connectivity index (χ3v) is 3.25. The number of aromatic nitrogens is 1. The highest BCUT2D eigenvalue weighted by Gasteiger charge is 2.30. The molecule has 2 heterocycles. The van der Waals surface area contributed by atoms with Gasteiger partial charge in [0.2, 0.25) is 5.91 Å². The lowest BCUT2D eigenvalue weighted by Gasteiger charge is -2.30. The molecule has 0 saturated heterocycles. The van der Waals surface area contributed by atoms with Gasteiger partial charge in [0.15, 0.2) is 0 Å². The Balaban J connectivity index is 2.13. The van der Waals surface area contributed by atoms with Crippen molar-refractivity contribution in [3.63, 3.8) is 0 Å². The van der Waals surface area contributed by atoms with Crippen molar-refractivity contribution in [1.82, 2.24) is 10.3 Å². The molecule has 4 nitrogen and oxygen atoms in total. The summed E-state index contributed by atoms with van der Waals surface area (Å²) in [5.41, 5.74) is 8.86. The maximum absolute atomic E-state index is 11.9. The van der Waals surface area contributed by atoms with Crippen LogP contribution in [0.4, 0.5) is 0 Å². The zero-order valence-electron chi connectivity index (χ0n) is 9.71. The molecule has 90 valence electrons. The first kappa shape index (κ1) is 10.9. The number of fused-ring (bicyclic) bond motifs is 1. The van der Waals surface area contributed by atoms with Crippen LogP contribution in [0.5, 0.6) is 0 Å². The normalized spacial score (nSPS) is 22.2. The summed E-state index contributed by atoms with van der Waals surface area (Å²) in [6, 6.07) is 10.8. The van der Waals surface area contributed by atoms with E-state index in [1.807, 2.05) is 36.4 Å².